The molecule has 150 valence electrons. The summed E-state index contributed by atoms with van der Waals surface area (Å²) in [4.78, 5) is 25.5. The maximum absolute atomic E-state index is 12.7. The molecule has 0 aromatic heterocycles. The van der Waals surface area contributed by atoms with E-state index >= 15 is 0 Å². The zero-order valence-corrected chi connectivity index (χ0v) is 16.0. The molecular formula is C22H23N3O4. The molecule has 2 heterocycles. The first-order valence-corrected chi connectivity index (χ1v) is 9.91. The number of likely N-dealkylation sites (tertiary alicyclic amines) is 1. The van der Waals surface area contributed by atoms with Gasteiger partial charge in [0.2, 0.25) is 5.91 Å². The van der Waals surface area contributed by atoms with Crippen molar-refractivity contribution in [1.82, 2.24) is 10.2 Å². The number of nitrogens with one attached hydrogen (secondary N) is 1. The van der Waals surface area contributed by atoms with Crippen molar-refractivity contribution in [2.75, 3.05) is 13.2 Å². The molecule has 2 saturated heterocycles. The van der Waals surface area contributed by atoms with E-state index in [0.717, 1.165) is 36.5 Å². The predicted octanol–water partition coefficient (Wildman–Crippen LogP) is 2.55. The summed E-state index contributed by atoms with van der Waals surface area (Å²) in [5.41, 5.74) is 0.258. The van der Waals surface area contributed by atoms with Crippen molar-refractivity contribution >= 4 is 22.6 Å². The average Bonchev–Trinajstić information content (AvgIpc) is 3.40. The van der Waals surface area contributed by atoms with Crippen LogP contribution in [-0.4, -0.2) is 53.2 Å². The summed E-state index contributed by atoms with van der Waals surface area (Å²) in [5.74, 6) is -0.212. The van der Waals surface area contributed by atoms with Gasteiger partial charge in [-0.15, -0.1) is 0 Å². The summed E-state index contributed by atoms with van der Waals surface area (Å²) in [7, 11) is 0. The minimum Gasteiger partial charge on any atom is -0.492 e. The Labute approximate surface area is 168 Å². The summed E-state index contributed by atoms with van der Waals surface area (Å²) in [6, 6.07) is 12.3. The Hall–Kier alpha value is -3.11. The lowest BCUT2D eigenvalue weighted by Crippen LogP contribution is -2.47. The van der Waals surface area contributed by atoms with Crippen molar-refractivity contribution in [3.8, 4) is 11.8 Å². The smallest absolute Gasteiger partial charge is 0.335 e. The molecule has 0 radical (unpaired) electrons. The summed E-state index contributed by atoms with van der Waals surface area (Å²) < 4.78 is 5.92. The van der Waals surface area contributed by atoms with E-state index in [1.165, 1.54) is 0 Å². The minimum absolute atomic E-state index is 0.0245. The topological polar surface area (TPSA) is 103 Å². The number of nitrogens with zero attached hydrogens (tertiary/aromatic N) is 2. The quantitative estimate of drug-likeness (QED) is 0.809. The highest BCUT2D eigenvalue weighted by Gasteiger charge is 2.36. The van der Waals surface area contributed by atoms with Crippen LogP contribution in [0.1, 0.15) is 36.0 Å². The van der Waals surface area contributed by atoms with Crippen LogP contribution in [0, 0.1) is 11.3 Å². The van der Waals surface area contributed by atoms with Crippen molar-refractivity contribution in [2.24, 2.45) is 0 Å². The third kappa shape index (κ3) is 4.03. The number of carbonyl (C=O) groups is 2. The maximum Gasteiger partial charge on any atom is 0.335 e. The van der Waals surface area contributed by atoms with Crippen LogP contribution in [0.2, 0.25) is 0 Å². The zero-order valence-electron chi connectivity index (χ0n) is 16.0. The van der Waals surface area contributed by atoms with Crippen LogP contribution < -0.4 is 10.1 Å². The highest BCUT2D eigenvalue weighted by Crippen LogP contribution is 2.24. The highest BCUT2D eigenvalue weighted by atomic mass is 16.5. The van der Waals surface area contributed by atoms with E-state index in [9.17, 15) is 14.9 Å². The Balaban J connectivity index is 1.34. The maximum atomic E-state index is 12.7. The number of carboxylic acids is 1. The Morgan fingerprint density at radius 1 is 1.17 bits per heavy atom. The molecule has 7 heteroatoms. The van der Waals surface area contributed by atoms with Gasteiger partial charge in [-0.05, 0) is 60.7 Å². The molecule has 7 nitrogen and oxygen atoms in total. The van der Waals surface area contributed by atoms with Crippen LogP contribution in [0.15, 0.2) is 36.4 Å². The fraction of sp³-hybridized carbons (Fsp3) is 0.409. The number of nitriles is 1. The van der Waals surface area contributed by atoms with Gasteiger partial charge in [-0.3, -0.25) is 10.1 Å². The van der Waals surface area contributed by atoms with E-state index < -0.39 is 5.97 Å². The van der Waals surface area contributed by atoms with E-state index in [-0.39, 0.29) is 29.6 Å². The van der Waals surface area contributed by atoms with Gasteiger partial charge in [0.05, 0.1) is 17.7 Å². The van der Waals surface area contributed by atoms with E-state index in [4.69, 9.17) is 9.84 Å². The van der Waals surface area contributed by atoms with Gasteiger partial charge in [-0.1, -0.05) is 12.1 Å². The van der Waals surface area contributed by atoms with Crippen LogP contribution in [-0.2, 0) is 4.79 Å². The van der Waals surface area contributed by atoms with E-state index in [1.54, 1.807) is 23.1 Å². The second-order valence-electron chi connectivity index (χ2n) is 7.65. The number of benzene rings is 2. The molecule has 4 rings (SSSR count). The number of aromatic carboxylic acids is 1. The fourth-order valence-corrected chi connectivity index (χ4v) is 4.15. The Morgan fingerprint density at radius 2 is 1.97 bits per heavy atom. The van der Waals surface area contributed by atoms with Crippen molar-refractivity contribution < 1.29 is 19.4 Å². The van der Waals surface area contributed by atoms with Gasteiger partial charge < -0.3 is 14.7 Å². The SMILES string of the molecule is N#C[C@@H]1CCCN1C(=O)[C@@H]1CC[C@H](COc2ccc3cc(C(=O)O)ccc3c2)N1. The normalized spacial score (nSPS) is 23.8. The number of carboxylic acid groups (broad SMARTS) is 1. The number of rotatable bonds is 5. The molecule has 3 atom stereocenters. The largest absolute Gasteiger partial charge is 0.492 e. The second kappa shape index (κ2) is 8.10. The van der Waals surface area contributed by atoms with Gasteiger partial charge in [0, 0.05) is 12.6 Å². The third-order valence-electron chi connectivity index (χ3n) is 5.73. The van der Waals surface area contributed by atoms with E-state index in [2.05, 4.69) is 11.4 Å². The van der Waals surface area contributed by atoms with Crippen molar-refractivity contribution in [3.63, 3.8) is 0 Å². The molecule has 0 spiro atoms. The molecule has 29 heavy (non-hydrogen) atoms. The van der Waals surface area contributed by atoms with Gasteiger partial charge in [0.25, 0.3) is 0 Å². The number of fused-ring (bicyclic) bond motifs is 1. The molecule has 0 saturated carbocycles. The lowest BCUT2D eigenvalue weighted by molar-refractivity contribution is -0.133. The molecule has 2 fully saturated rings. The fourth-order valence-electron chi connectivity index (χ4n) is 4.15. The van der Waals surface area contributed by atoms with Crippen LogP contribution in [0.25, 0.3) is 10.8 Å². The summed E-state index contributed by atoms with van der Waals surface area (Å²) in [5, 5.41) is 23.4. The lowest BCUT2D eigenvalue weighted by Gasteiger charge is -2.24. The van der Waals surface area contributed by atoms with Crippen molar-refractivity contribution in [1.29, 1.82) is 5.26 Å². The van der Waals surface area contributed by atoms with Crippen LogP contribution in [0.4, 0.5) is 0 Å². The molecular weight excluding hydrogens is 370 g/mol. The van der Waals surface area contributed by atoms with Crippen LogP contribution in [0.3, 0.4) is 0 Å². The Bertz CT molecular complexity index is 984. The number of ether oxygens (including phenoxy) is 1. The summed E-state index contributed by atoms with van der Waals surface area (Å²) >= 11 is 0. The van der Waals surface area contributed by atoms with Crippen molar-refractivity contribution in [2.45, 2.75) is 43.8 Å². The molecule has 2 aliphatic heterocycles. The molecule has 0 aliphatic carbocycles. The van der Waals surface area contributed by atoms with Gasteiger partial charge in [0.15, 0.2) is 0 Å². The molecule has 1 amide bonds. The van der Waals surface area contributed by atoms with E-state index in [0.29, 0.717) is 18.9 Å². The summed E-state index contributed by atoms with van der Waals surface area (Å²) in [6.07, 6.45) is 3.24. The van der Waals surface area contributed by atoms with Gasteiger partial charge >= 0.3 is 5.97 Å². The molecule has 2 N–H and O–H groups in total. The van der Waals surface area contributed by atoms with Crippen LogP contribution in [0.5, 0.6) is 5.75 Å². The Kier molecular flexibility index (Phi) is 5.36. The first kappa shape index (κ1) is 19.2. The summed E-state index contributed by atoms with van der Waals surface area (Å²) in [6.45, 7) is 1.11. The number of amides is 1. The van der Waals surface area contributed by atoms with Crippen LogP contribution >= 0.6 is 0 Å². The molecule has 0 bridgehead atoms. The molecule has 2 aliphatic rings. The molecule has 0 unspecified atom stereocenters. The minimum atomic E-state index is -0.946. The monoisotopic (exact) mass is 393 g/mol. The standard InChI is InChI=1S/C22H23N3O4/c23-12-18-2-1-9-25(18)21(26)20-8-6-17(24-20)13-29-19-7-5-14-10-16(22(27)28)4-3-15(14)11-19/h3-5,7,10-11,17-18,20,24H,1-2,6,8-9,13H2,(H,27,28)/t17-,18+,20+/m1/s1. The predicted molar refractivity (Wildman–Crippen MR) is 107 cm³/mol. The molecule has 2 aromatic rings. The zero-order chi connectivity index (χ0) is 20.4. The molecule has 2 aromatic carbocycles. The first-order chi connectivity index (χ1) is 14.0. The average molecular weight is 393 g/mol. The highest BCUT2D eigenvalue weighted by molar-refractivity contribution is 5.94. The lowest BCUT2D eigenvalue weighted by atomic mass is 10.1. The number of hydrogen-bond donors (Lipinski definition) is 2. The number of hydrogen-bond acceptors (Lipinski definition) is 5. The Morgan fingerprint density at radius 3 is 2.76 bits per heavy atom. The van der Waals surface area contributed by atoms with E-state index in [1.807, 2.05) is 18.2 Å². The van der Waals surface area contributed by atoms with Gasteiger partial charge in [-0.25, -0.2) is 4.79 Å². The van der Waals surface area contributed by atoms with Crippen molar-refractivity contribution in [3.05, 3.63) is 42.0 Å². The van der Waals surface area contributed by atoms with Gasteiger partial charge in [0.1, 0.15) is 18.4 Å². The second-order valence-corrected chi connectivity index (χ2v) is 7.65. The number of carbonyl (C=O) groups excluding carboxylic acids is 1. The third-order valence-corrected chi connectivity index (χ3v) is 5.73. The van der Waals surface area contributed by atoms with Gasteiger partial charge in [-0.2, -0.15) is 5.26 Å². The first-order valence-electron chi connectivity index (χ1n) is 9.91.